The van der Waals surface area contributed by atoms with Crippen molar-refractivity contribution in [1.82, 2.24) is 9.80 Å². The molecule has 0 radical (unpaired) electrons. The van der Waals surface area contributed by atoms with Crippen molar-refractivity contribution < 1.29 is 0 Å². The first kappa shape index (κ1) is 12.4. The number of rotatable bonds is 1. The van der Waals surface area contributed by atoms with E-state index in [-0.39, 0.29) is 0 Å². The maximum absolute atomic E-state index is 2.55. The van der Waals surface area contributed by atoms with E-state index in [1.54, 1.807) is 0 Å². The van der Waals surface area contributed by atoms with Gasteiger partial charge < -0.3 is 9.80 Å². The molecule has 0 aromatic carbocycles. The van der Waals surface area contributed by atoms with Gasteiger partial charge in [0.05, 0.1) is 0 Å². The van der Waals surface area contributed by atoms with Crippen molar-refractivity contribution in [3.63, 3.8) is 0 Å². The Hall–Kier alpha value is -0.660. The van der Waals surface area contributed by atoms with Crippen molar-refractivity contribution in [2.75, 3.05) is 20.1 Å². The molecule has 0 saturated carbocycles. The van der Waals surface area contributed by atoms with E-state index in [1.807, 2.05) is 0 Å². The zero-order chi connectivity index (χ0) is 11.4. The predicted octanol–water partition coefficient (Wildman–Crippen LogP) is 3.06. The molecule has 1 aliphatic heterocycles. The number of allylic oxidation sites excluding steroid dienone is 1. The van der Waals surface area contributed by atoms with Crippen LogP contribution in [0.15, 0.2) is 11.4 Å². The number of hydrogen-bond acceptors (Lipinski definition) is 2. The van der Waals surface area contributed by atoms with Crippen LogP contribution >= 0.6 is 0 Å². The van der Waals surface area contributed by atoms with Crippen LogP contribution in [-0.2, 0) is 0 Å². The Balaban J connectivity index is 2.91. The molecule has 0 amide bonds. The zero-order valence-electron chi connectivity index (χ0n) is 11.0. The SMILES string of the molecule is CC(C)=C1N(C)CCCCCN1C(C)C. The fraction of sp³-hybridized carbons (Fsp3) is 0.846. The molecule has 0 spiro atoms. The lowest BCUT2D eigenvalue weighted by Gasteiger charge is -2.39. The molecule has 1 aliphatic rings. The minimum Gasteiger partial charge on any atom is -0.361 e. The van der Waals surface area contributed by atoms with Crippen LogP contribution in [0.4, 0.5) is 0 Å². The summed E-state index contributed by atoms with van der Waals surface area (Å²) in [6.07, 6.45) is 4.03. The highest BCUT2D eigenvalue weighted by atomic mass is 15.3. The molecule has 1 heterocycles. The molecule has 88 valence electrons. The molecule has 2 nitrogen and oxygen atoms in total. The van der Waals surface area contributed by atoms with Crippen molar-refractivity contribution >= 4 is 0 Å². The lowest BCUT2D eigenvalue weighted by atomic mass is 10.1. The van der Waals surface area contributed by atoms with Gasteiger partial charge >= 0.3 is 0 Å². The van der Waals surface area contributed by atoms with E-state index < -0.39 is 0 Å². The summed E-state index contributed by atoms with van der Waals surface area (Å²) < 4.78 is 0. The lowest BCUT2D eigenvalue weighted by molar-refractivity contribution is 0.174. The molecule has 0 bridgehead atoms. The minimum absolute atomic E-state index is 0.607. The third-order valence-corrected chi connectivity index (χ3v) is 3.10. The Morgan fingerprint density at radius 2 is 1.67 bits per heavy atom. The Morgan fingerprint density at radius 1 is 1.07 bits per heavy atom. The van der Waals surface area contributed by atoms with Gasteiger partial charge in [-0.3, -0.25) is 0 Å². The molecule has 2 heteroatoms. The summed E-state index contributed by atoms with van der Waals surface area (Å²) in [7, 11) is 2.23. The van der Waals surface area contributed by atoms with Gasteiger partial charge in [-0.05, 0) is 52.5 Å². The second-order valence-corrected chi connectivity index (χ2v) is 5.09. The first-order chi connectivity index (χ1) is 7.04. The van der Waals surface area contributed by atoms with Crippen LogP contribution in [0.3, 0.4) is 0 Å². The van der Waals surface area contributed by atoms with E-state index >= 15 is 0 Å². The number of nitrogens with zero attached hydrogens (tertiary/aromatic N) is 2. The normalized spacial score (nSPS) is 19.2. The largest absolute Gasteiger partial charge is 0.361 e. The van der Waals surface area contributed by atoms with Crippen LogP contribution in [0.1, 0.15) is 47.0 Å². The van der Waals surface area contributed by atoms with Crippen molar-refractivity contribution in [3.05, 3.63) is 11.4 Å². The Morgan fingerprint density at radius 3 is 2.20 bits per heavy atom. The molecule has 0 unspecified atom stereocenters. The molecule has 1 saturated heterocycles. The second kappa shape index (κ2) is 5.43. The average molecular weight is 210 g/mol. The second-order valence-electron chi connectivity index (χ2n) is 5.09. The van der Waals surface area contributed by atoms with Gasteiger partial charge in [-0.2, -0.15) is 0 Å². The van der Waals surface area contributed by atoms with E-state index in [4.69, 9.17) is 0 Å². The molecule has 0 atom stereocenters. The van der Waals surface area contributed by atoms with Gasteiger partial charge in [0.2, 0.25) is 0 Å². The highest BCUT2D eigenvalue weighted by Crippen LogP contribution is 2.21. The van der Waals surface area contributed by atoms with Gasteiger partial charge in [-0.15, -0.1) is 0 Å². The molecular weight excluding hydrogens is 184 g/mol. The first-order valence-electron chi connectivity index (χ1n) is 6.19. The standard InChI is InChI=1S/C13H26N2/c1-11(2)13-14(5)9-7-6-8-10-15(13)12(3)4/h12H,6-10H2,1-5H3. The van der Waals surface area contributed by atoms with Gasteiger partial charge in [0, 0.05) is 26.2 Å². The summed E-state index contributed by atoms with van der Waals surface area (Å²) in [6, 6.07) is 0.607. The summed E-state index contributed by atoms with van der Waals surface area (Å²) in [6.45, 7) is 11.4. The lowest BCUT2D eigenvalue weighted by Crippen LogP contribution is -2.40. The maximum Gasteiger partial charge on any atom is 0.102 e. The van der Waals surface area contributed by atoms with Crippen LogP contribution in [0, 0.1) is 0 Å². The van der Waals surface area contributed by atoms with Gasteiger partial charge in [0.15, 0.2) is 0 Å². The van der Waals surface area contributed by atoms with Crippen molar-refractivity contribution in [3.8, 4) is 0 Å². The first-order valence-corrected chi connectivity index (χ1v) is 6.19. The minimum atomic E-state index is 0.607. The molecule has 0 aliphatic carbocycles. The highest BCUT2D eigenvalue weighted by molar-refractivity contribution is 5.09. The van der Waals surface area contributed by atoms with Crippen molar-refractivity contribution in [2.24, 2.45) is 0 Å². The van der Waals surface area contributed by atoms with Gasteiger partial charge in [0.25, 0.3) is 0 Å². The van der Waals surface area contributed by atoms with Crippen LogP contribution < -0.4 is 0 Å². The van der Waals surface area contributed by atoms with E-state index in [0.717, 1.165) is 0 Å². The summed E-state index contributed by atoms with van der Waals surface area (Å²) in [5, 5.41) is 0. The van der Waals surface area contributed by atoms with Crippen molar-refractivity contribution in [2.45, 2.75) is 53.0 Å². The van der Waals surface area contributed by atoms with E-state index in [0.29, 0.717) is 6.04 Å². The van der Waals surface area contributed by atoms with E-state index in [2.05, 4.69) is 44.5 Å². The molecule has 1 fully saturated rings. The van der Waals surface area contributed by atoms with Gasteiger partial charge in [-0.25, -0.2) is 0 Å². The summed E-state index contributed by atoms with van der Waals surface area (Å²) in [5.41, 5.74) is 1.44. The highest BCUT2D eigenvalue weighted by Gasteiger charge is 2.19. The average Bonchev–Trinajstić information content (AvgIpc) is 2.09. The van der Waals surface area contributed by atoms with Gasteiger partial charge in [0.1, 0.15) is 5.82 Å². The molecule has 0 aromatic rings. The summed E-state index contributed by atoms with van der Waals surface area (Å²) in [4.78, 5) is 4.98. The molecule has 1 rings (SSSR count). The molecule has 0 aromatic heterocycles. The fourth-order valence-electron chi connectivity index (χ4n) is 2.41. The maximum atomic E-state index is 2.55. The Kier molecular flexibility index (Phi) is 4.49. The smallest absolute Gasteiger partial charge is 0.102 e. The number of hydrogen-bond donors (Lipinski definition) is 0. The van der Waals surface area contributed by atoms with Crippen molar-refractivity contribution in [1.29, 1.82) is 0 Å². The van der Waals surface area contributed by atoms with E-state index in [1.165, 1.54) is 43.7 Å². The quantitative estimate of drug-likeness (QED) is 0.656. The van der Waals surface area contributed by atoms with Gasteiger partial charge in [-0.1, -0.05) is 0 Å². The van der Waals surface area contributed by atoms with Crippen LogP contribution in [0.2, 0.25) is 0 Å². The molecule has 15 heavy (non-hydrogen) atoms. The van der Waals surface area contributed by atoms with Crippen LogP contribution in [0.25, 0.3) is 0 Å². The monoisotopic (exact) mass is 210 g/mol. The summed E-state index contributed by atoms with van der Waals surface area (Å²) >= 11 is 0. The predicted molar refractivity (Wildman–Crippen MR) is 66.7 cm³/mol. The zero-order valence-corrected chi connectivity index (χ0v) is 11.0. The Labute approximate surface area is 94.9 Å². The molecular formula is C13H26N2. The third-order valence-electron chi connectivity index (χ3n) is 3.10. The Bertz CT molecular complexity index is 227. The van der Waals surface area contributed by atoms with Crippen LogP contribution in [-0.4, -0.2) is 36.0 Å². The van der Waals surface area contributed by atoms with E-state index in [9.17, 15) is 0 Å². The topological polar surface area (TPSA) is 6.48 Å². The molecule has 0 N–H and O–H groups in total. The van der Waals surface area contributed by atoms with Crippen LogP contribution in [0.5, 0.6) is 0 Å². The summed E-state index contributed by atoms with van der Waals surface area (Å²) in [5.74, 6) is 1.45. The third kappa shape index (κ3) is 3.15. The fourth-order valence-corrected chi connectivity index (χ4v) is 2.41.